The Kier molecular flexibility index (Phi) is 9.16. The van der Waals surface area contributed by atoms with Crippen molar-refractivity contribution in [3.05, 3.63) is 0 Å². The van der Waals surface area contributed by atoms with Crippen LogP contribution in [0.4, 0.5) is 0 Å². The lowest BCUT2D eigenvalue weighted by molar-refractivity contribution is -0.185. The molecule has 8 atom stereocenters. The summed E-state index contributed by atoms with van der Waals surface area (Å²) in [6, 6.07) is 0. The number of ether oxygens (including phenoxy) is 2. The number of carbonyl (C=O) groups excluding carboxylic acids is 2. The van der Waals surface area contributed by atoms with E-state index in [2.05, 4.69) is 41.5 Å². The number of aliphatic hydroxyl groups is 2. The lowest BCUT2D eigenvalue weighted by Gasteiger charge is -2.38. The Bertz CT molecular complexity index is 524. The average molecular weight is 427 g/mol. The van der Waals surface area contributed by atoms with Crippen molar-refractivity contribution in [2.75, 3.05) is 0 Å². The molecule has 0 radical (unpaired) electrons. The number of hydrogen-bond donors (Lipinski definition) is 2. The van der Waals surface area contributed by atoms with Crippen molar-refractivity contribution in [2.45, 2.75) is 104 Å². The van der Waals surface area contributed by atoms with Crippen LogP contribution in [0.25, 0.3) is 0 Å². The first-order valence-electron chi connectivity index (χ1n) is 11.8. The second-order valence-corrected chi connectivity index (χ2v) is 10.5. The molecule has 0 amide bonds. The zero-order valence-corrected chi connectivity index (χ0v) is 19.5. The monoisotopic (exact) mass is 426 g/mol. The Hall–Kier alpha value is -1.14. The molecule has 0 heterocycles. The molecule has 0 saturated heterocycles. The van der Waals surface area contributed by atoms with Crippen LogP contribution in [0.2, 0.25) is 0 Å². The maximum atomic E-state index is 12.5. The van der Waals surface area contributed by atoms with Gasteiger partial charge in [-0.3, -0.25) is 0 Å². The highest BCUT2D eigenvalue weighted by molar-refractivity contribution is 5.85. The summed E-state index contributed by atoms with van der Waals surface area (Å²) in [5.74, 6) is 0.126. The third-order valence-corrected chi connectivity index (χ3v) is 7.24. The van der Waals surface area contributed by atoms with Gasteiger partial charge < -0.3 is 19.7 Å². The molecule has 0 unspecified atom stereocenters. The summed E-state index contributed by atoms with van der Waals surface area (Å²) in [6.45, 7) is 12.6. The maximum Gasteiger partial charge on any atom is 0.338 e. The topological polar surface area (TPSA) is 93.1 Å². The zero-order valence-electron chi connectivity index (χ0n) is 19.5. The van der Waals surface area contributed by atoms with Crippen LogP contribution in [0.3, 0.4) is 0 Å². The maximum absolute atomic E-state index is 12.5. The average Bonchev–Trinajstić information content (AvgIpc) is 2.66. The Morgan fingerprint density at radius 3 is 1.33 bits per heavy atom. The van der Waals surface area contributed by atoms with Crippen LogP contribution in [0.15, 0.2) is 0 Å². The molecule has 2 fully saturated rings. The van der Waals surface area contributed by atoms with Crippen molar-refractivity contribution in [3.8, 4) is 0 Å². The Balaban J connectivity index is 1.96. The van der Waals surface area contributed by atoms with Gasteiger partial charge in [-0.05, 0) is 61.2 Å². The highest BCUT2D eigenvalue weighted by Gasteiger charge is 2.40. The highest BCUT2D eigenvalue weighted by Crippen LogP contribution is 2.37. The number of esters is 2. The van der Waals surface area contributed by atoms with Crippen LogP contribution < -0.4 is 0 Å². The van der Waals surface area contributed by atoms with E-state index in [4.69, 9.17) is 9.47 Å². The van der Waals surface area contributed by atoms with Crippen molar-refractivity contribution >= 4 is 11.9 Å². The van der Waals surface area contributed by atoms with Crippen molar-refractivity contribution in [1.82, 2.24) is 0 Å². The van der Waals surface area contributed by atoms with Gasteiger partial charge >= 0.3 is 11.9 Å². The minimum Gasteiger partial charge on any atom is -0.460 e. The van der Waals surface area contributed by atoms with Gasteiger partial charge in [0.05, 0.1) is 0 Å². The molecule has 0 spiro atoms. The smallest absolute Gasteiger partial charge is 0.338 e. The van der Waals surface area contributed by atoms with Crippen molar-refractivity contribution in [3.63, 3.8) is 0 Å². The standard InChI is InChI=1S/C24H42O6/c1-13(2)17-9-7-15(5)11-19(17)29-23(27)21(25)22(26)24(28)30-20-12-16(6)8-10-18(20)14(3)4/h13-22,25-26H,7-12H2,1-6H3/t15-,16-,17+,18+,19-,20+,21+,22+/m1/s1. The van der Waals surface area contributed by atoms with Crippen molar-refractivity contribution < 1.29 is 29.3 Å². The van der Waals surface area contributed by atoms with E-state index < -0.39 is 24.1 Å². The van der Waals surface area contributed by atoms with Gasteiger partial charge in [0.15, 0.2) is 12.2 Å². The first kappa shape index (κ1) is 25.1. The normalized spacial score (nSPS) is 34.5. The summed E-state index contributed by atoms with van der Waals surface area (Å²) in [5.41, 5.74) is 0. The van der Waals surface area contributed by atoms with Gasteiger partial charge in [0, 0.05) is 0 Å². The Labute approximate surface area is 181 Å². The summed E-state index contributed by atoms with van der Waals surface area (Å²) < 4.78 is 11.2. The Morgan fingerprint density at radius 1 is 0.700 bits per heavy atom. The number of hydrogen-bond acceptors (Lipinski definition) is 6. The molecule has 6 heteroatoms. The lowest BCUT2D eigenvalue weighted by atomic mass is 9.75. The molecule has 2 N–H and O–H groups in total. The highest BCUT2D eigenvalue weighted by atomic mass is 16.6. The van der Waals surface area contributed by atoms with Gasteiger partial charge in [0.1, 0.15) is 12.2 Å². The second-order valence-electron chi connectivity index (χ2n) is 10.5. The SMILES string of the molecule is CC(C)[C@@H]1CC[C@@H](C)C[C@@H]1OC(=O)[C@@H](O)[C@H](O)C(=O)O[C@@H]1C[C@H](C)CC[C@H]1C(C)C. The molecular weight excluding hydrogens is 384 g/mol. The summed E-state index contributed by atoms with van der Waals surface area (Å²) in [5, 5.41) is 20.6. The molecule has 30 heavy (non-hydrogen) atoms. The first-order valence-corrected chi connectivity index (χ1v) is 11.8. The van der Waals surface area contributed by atoms with E-state index in [1.54, 1.807) is 0 Å². The third kappa shape index (κ3) is 6.43. The molecule has 0 aliphatic heterocycles. The van der Waals surface area contributed by atoms with Crippen molar-refractivity contribution in [2.24, 2.45) is 35.5 Å². The van der Waals surface area contributed by atoms with E-state index in [1.165, 1.54) is 0 Å². The molecule has 2 aliphatic carbocycles. The van der Waals surface area contributed by atoms with Gasteiger partial charge in [0.2, 0.25) is 0 Å². The van der Waals surface area contributed by atoms with E-state index >= 15 is 0 Å². The Morgan fingerprint density at radius 2 is 1.03 bits per heavy atom. The van der Waals surface area contributed by atoms with E-state index in [1.807, 2.05) is 0 Å². The predicted octanol–water partition coefficient (Wildman–Crippen LogP) is 3.72. The van der Waals surface area contributed by atoms with E-state index in [0.29, 0.717) is 23.7 Å². The predicted molar refractivity (Wildman–Crippen MR) is 114 cm³/mol. The molecule has 0 aromatic rings. The minimum atomic E-state index is -1.93. The summed E-state index contributed by atoms with van der Waals surface area (Å²) in [4.78, 5) is 25.0. The molecule has 2 aliphatic rings. The first-order chi connectivity index (χ1) is 14.0. The summed E-state index contributed by atoms with van der Waals surface area (Å²) in [7, 11) is 0. The fraction of sp³-hybridized carbons (Fsp3) is 0.917. The summed E-state index contributed by atoms with van der Waals surface area (Å²) >= 11 is 0. The van der Waals surface area contributed by atoms with Crippen LogP contribution in [0.1, 0.15) is 80.1 Å². The van der Waals surface area contributed by atoms with E-state index in [9.17, 15) is 19.8 Å². The number of rotatable bonds is 7. The lowest BCUT2D eigenvalue weighted by Crippen LogP contribution is -2.47. The largest absolute Gasteiger partial charge is 0.460 e. The summed E-state index contributed by atoms with van der Waals surface area (Å²) in [6.07, 6.45) is 1.11. The molecule has 6 nitrogen and oxygen atoms in total. The fourth-order valence-corrected chi connectivity index (χ4v) is 5.20. The molecule has 0 bridgehead atoms. The minimum absolute atomic E-state index is 0.219. The van der Waals surface area contributed by atoms with Crippen LogP contribution in [0, 0.1) is 35.5 Å². The van der Waals surface area contributed by atoms with E-state index in [0.717, 1.165) is 38.5 Å². The van der Waals surface area contributed by atoms with Gasteiger partial charge in [-0.2, -0.15) is 0 Å². The molecule has 174 valence electrons. The molecule has 2 saturated carbocycles. The van der Waals surface area contributed by atoms with Gasteiger partial charge in [0.25, 0.3) is 0 Å². The van der Waals surface area contributed by atoms with Crippen LogP contribution >= 0.6 is 0 Å². The molecule has 0 aromatic carbocycles. The zero-order chi connectivity index (χ0) is 22.6. The van der Waals surface area contributed by atoms with Crippen LogP contribution in [-0.4, -0.2) is 46.6 Å². The van der Waals surface area contributed by atoms with Crippen molar-refractivity contribution in [1.29, 1.82) is 0 Å². The molecule has 2 rings (SSSR count). The van der Waals surface area contributed by atoms with Gasteiger partial charge in [-0.15, -0.1) is 0 Å². The fourth-order valence-electron chi connectivity index (χ4n) is 5.20. The molecular formula is C24H42O6. The number of aliphatic hydroxyl groups excluding tert-OH is 2. The van der Waals surface area contributed by atoms with Crippen LogP contribution in [0.5, 0.6) is 0 Å². The van der Waals surface area contributed by atoms with Gasteiger partial charge in [-0.1, -0.05) is 54.4 Å². The third-order valence-electron chi connectivity index (χ3n) is 7.24. The molecule has 0 aromatic heterocycles. The van der Waals surface area contributed by atoms with E-state index in [-0.39, 0.29) is 24.0 Å². The second kappa shape index (κ2) is 10.9. The van der Waals surface area contributed by atoms with Gasteiger partial charge in [-0.25, -0.2) is 9.59 Å². The van der Waals surface area contributed by atoms with Crippen LogP contribution in [-0.2, 0) is 19.1 Å². The quantitative estimate of drug-likeness (QED) is 0.603. The number of carbonyl (C=O) groups is 2.